The molecule has 0 bridgehead atoms. The van der Waals surface area contributed by atoms with Crippen LogP contribution in [0.25, 0.3) is 0 Å². The highest BCUT2D eigenvalue weighted by atomic mass is 16.5. The Bertz CT molecular complexity index is 1230. The number of ether oxygens (including phenoxy) is 2. The third-order valence-corrected chi connectivity index (χ3v) is 6.13. The molecule has 174 valence electrons. The number of benzene rings is 3. The lowest BCUT2D eigenvalue weighted by Crippen LogP contribution is -2.53. The fourth-order valence-electron chi connectivity index (χ4n) is 4.30. The molecular weight excluding hydrogens is 428 g/mol. The van der Waals surface area contributed by atoms with Gasteiger partial charge in [-0.05, 0) is 36.8 Å². The third kappa shape index (κ3) is 4.55. The molecule has 0 saturated carbocycles. The van der Waals surface area contributed by atoms with E-state index in [2.05, 4.69) is 29.3 Å². The number of piperazine rings is 1. The molecule has 0 atom stereocenters. The summed E-state index contributed by atoms with van der Waals surface area (Å²) in [4.78, 5) is 21.8. The van der Waals surface area contributed by atoms with Crippen molar-refractivity contribution in [1.82, 2.24) is 15.1 Å². The summed E-state index contributed by atoms with van der Waals surface area (Å²) in [6.07, 6.45) is 0. The predicted octanol–water partition coefficient (Wildman–Crippen LogP) is 4.72. The predicted molar refractivity (Wildman–Crippen MR) is 132 cm³/mol. The molecule has 1 fully saturated rings. The summed E-state index contributed by atoms with van der Waals surface area (Å²) in [6.45, 7) is 5.18. The first-order chi connectivity index (χ1) is 16.6. The smallest absolute Gasteiger partial charge is 0.317 e. The minimum absolute atomic E-state index is 0.0391. The number of aliphatic imine (C=N–C) groups is 1. The lowest BCUT2D eigenvalue weighted by atomic mass is 10.1. The summed E-state index contributed by atoms with van der Waals surface area (Å²) in [5.41, 5.74) is 3.99. The van der Waals surface area contributed by atoms with Crippen molar-refractivity contribution >= 4 is 17.6 Å². The van der Waals surface area contributed by atoms with Crippen LogP contribution in [0.3, 0.4) is 0 Å². The van der Waals surface area contributed by atoms with Gasteiger partial charge in [-0.25, -0.2) is 9.79 Å². The number of hydrogen-bond acceptors (Lipinski definition) is 5. The van der Waals surface area contributed by atoms with E-state index in [0.717, 1.165) is 28.4 Å². The summed E-state index contributed by atoms with van der Waals surface area (Å²) < 4.78 is 11.6. The molecule has 0 radical (unpaired) electrons. The average molecular weight is 457 g/mol. The maximum atomic E-state index is 12.8. The second-order valence-corrected chi connectivity index (χ2v) is 8.49. The Labute approximate surface area is 199 Å². The molecule has 1 saturated heterocycles. The van der Waals surface area contributed by atoms with Crippen LogP contribution in [0, 0.1) is 6.92 Å². The van der Waals surface area contributed by atoms with Crippen molar-refractivity contribution in [3.63, 3.8) is 0 Å². The van der Waals surface area contributed by atoms with Gasteiger partial charge in [-0.15, -0.1) is 0 Å². The standard InChI is InChI=1S/C27H28N4O3/c1-19-6-5-7-20(16-19)18-28-27(32)31-14-12-30(13-15-31)26-22-11-10-21(33-2)17-25(22)34-24-9-4-3-8-23(24)29-26/h3-11,16-17H,12-15,18H2,1-2H3,(H,28,32). The number of amidine groups is 1. The van der Waals surface area contributed by atoms with Gasteiger partial charge in [0.1, 0.15) is 23.0 Å². The molecule has 3 aromatic carbocycles. The van der Waals surface area contributed by atoms with Crippen molar-refractivity contribution in [3.8, 4) is 17.2 Å². The maximum Gasteiger partial charge on any atom is 0.317 e. The summed E-state index contributed by atoms with van der Waals surface area (Å²) in [6, 6.07) is 21.7. The zero-order valence-electron chi connectivity index (χ0n) is 19.5. The third-order valence-electron chi connectivity index (χ3n) is 6.13. The van der Waals surface area contributed by atoms with Crippen molar-refractivity contribution in [2.24, 2.45) is 4.99 Å². The van der Waals surface area contributed by atoms with E-state index >= 15 is 0 Å². The number of urea groups is 1. The highest BCUT2D eigenvalue weighted by Gasteiger charge is 2.27. The van der Waals surface area contributed by atoms with E-state index in [9.17, 15) is 4.79 Å². The van der Waals surface area contributed by atoms with Crippen molar-refractivity contribution in [2.45, 2.75) is 13.5 Å². The molecular formula is C27H28N4O3. The Hall–Kier alpha value is -4.00. The molecule has 7 heteroatoms. The van der Waals surface area contributed by atoms with Crippen LogP contribution in [0.2, 0.25) is 0 Å². The van der Waals surface area contributed by atoms with Crippen LogP contribution in [-0.4, -0.2) is 55.0 Å². The van der Waals surface area contributed by atoms with Crippen LogP contribution in [0.15, 0.2) is 71.7 Å². The van der Waals surface area contributed by atoms with E-state index in [-0.39, 0.29) is 6.03 Å². The van der Waals surface area contributed by atoms with Gasteiger partial charge in [-0.1, -0.05) is 42.0 Å². The first kappa shape index (κ1) is 21.8. The molecule has 1 N–H and O–H groups in total. The van der Waals surface area contributed by atoms with Crippen LogP contribution in [0.5, 0.6) is 17.2 Å². The molecule has 5 rings (SSSR count). The van der Waals surface area contributed by atoms with Crippen molar-refractivity contribution in [1.29, 1.82) is 0 Å². The molecule has 2 heterocycles. The fourth-order valence-corrected chi connectivity index (χ4v) is 4.30. The molecule has 0 spiro atoms. The number of rotatable bonds is 3. The van der Waals surface area contributed by atoms with E-state index in [1.165, 1.54) is 5.56 Å². The molecule has 7 nitrogen and oxygen atoms in total. The minimum Gasteiger partial charge on any atom is -0.497 e. The van der Waals surface area contributed by atoms with E-state index in [0.29, 0.717) is 44.2 Å². The second-order valence-electron chi connectivity index (χ2n) is 8.49. The average Bonchev–Trinajstić information content (AvgIpc) is 3.03. The SMILES string of the molecule is COc1ccc2c(c1)Oc1ccccc1N=C2N1CCN(C(=O)NCc2cccc(C)c2)CC1. The Morgan fingerprint density at radius 1 is 1.00 bits per heavy atom. The van der Waals surface area contributed by atoms with Crippen molar-refractivity contribution in [2.75, 3.05) is 33.3 Å². The molecule has 34 heavy (non-hydrogen) atoms. The Balaban J connectivity index is 1.31. The number of nitrogens with one attached hydrogen (secondary N) is 1. The molecule has 0 unspecified atom stereocenters. The van der Waals surface area contributed by atoms with Crippen molar-refractivity contribution < 1.29 is 14.3 Å². The number of methoxy groups -OCH3 is 1. The monoisotopic (exact) mass is 456 g/mol. The largest absolute Gasteiger partial charge is 0.497 e. The van der Waals surface area contributed by atoms with Crippen LogP contribution >= 0.6 is 0 Å². The zero-order chi connectivity index (χ0) is 23.5. The quantitative estimate of drug-likeness (QED) is 0.620. The summed E-state index contributed by atoms with van der Waals surface area (Å²) >= 11 is 0. The van der Waals surface area contributed by atoms with E-state index in [1.807, 2.05) is 59.5 Å². The zero-order valence-corrected chi connectivity index (χ0v) is 19.5. The Kier molecular flexibility index (Phi) is 6.08. The second kappa shape index (κ2) is 9.47. The van der Waals surface area contributed by atoms with Gasteiger partial charge in [0.25, 0.3) is 0 Å². The highest BCUT2D eigenvalue weighted by molar-refractivity contribution is 6.04. The molecule has 0 aromatic heterocycles. The van der Waals surface area contributed by atoms with E-state index < -0.39 is 0 Å². The lowest BCUT2D eigenvalue weighted by molar-refractivity contribution is 0.169. The van der Waals surface area contributed by atoms with Gasteiger partial charge in [-0.2, -0.15) is 0 Å². The van der Waals surface area contributed by atoms with Crippen LogP contribution < -0.4 is 14.8 Å². The number of hydrogen-bond donors (Lipinski definition) is 1. The molecule has 2 aliphatic rings. The van der Waals surface area contributed by atoms with Gasteiger partial charge in [0.15, 0.2) is 5.75 Å². The lowest BCUT2D eigenvalue weighted by Gasteiger charge is -2.36. The van der Waals surface area contributed by atoms with Gasteiger partial charge in [0.2, 0.25) is 0 Å². The number of aryl methyl sites for hydroxylation is 1. The van der Waals surface area contributed by atoms with Crippen LogP contribution in [0.1, 0.15) is 16.7 Å². The number of carbonyl (C=O) groups excluding carboxylic acids is 1. The van der Waals surface area contributed by atoms with Crippen LogP contribution in [-0.2, 0) is 6.54 Å². The maximum absolute atomic E-state index is 12.8. The number of para-hydroxylation sites is 2. The number of amides is 2. The molecule has 3 aromatic rings. The normalized spacial score (nSPS) is 14.8. The first-order valence-corrected chi connectivity index (χ1v) is 11.5. The fraction of sp³-hybridized carbons (Fsp3) is 0.259. The summed E-state index contributed by atoms with van der Waals surface area (Å²) in [5, 5.41) is 3.05. The molecule has 2 aliphatic heterocycles. The molecule has 0 aliphatic carbocycles. The minimum atomic E-state index is -0.0391. The Morgan fingerprint density at radius 2 is 1.82 bits per heavy atom. The topological polar surface area (TPSA) is 66.4 Å². The van der Waals surface area contributed by atoms with E-state index in [1.54, 1.807) is 7.11 Å². The van der Waals surface area contributed by atoms with Gasteiger partial charge >= 0.3 is 6.03 Å². The Morgan fingerprint density at radius 3 is 2.62 bits per heavy atom. The van der Waals surface area contributed by atoms with Crippen molar-refractivity contribution in [3.05, 3.63) is 83.4 Å². The van der Waals surface area contributed by atoms with Gasteiger partial charge in [-0.3, -0.25) is 0 Å². The number of nitrogens with zero attached hydrogens (tertiary/aromatic N) is 3. The number of fused-ring (bicyclic) bond motifs is 2. The van der Waals surface area contributed by atoms with Gasteiger partial charge < -0.3 is 24.6 Å². The van der Waals surface area contributed by atoms with Gasteiger partial charge in [0, 0.05) is 38.8 Å². The highest BCUT2D eigenvalue weighted by Crippen LogP contribution is 2.39. The van der Waals surface area contributed by atoms with Gasteiger partial charge in [0.05, 0.1) is 12.7 Å². The molecule has 2 amide bonds. The summed E-state index contributed by atoms with van der Waals surface area (Å²) in [5.74, 6) is 3.00. The van der Waals surface area contributed by atoms with Crippen LogP contribution in [0.4, 0.5) is 10.5 Å². The number of carbonyl (C=O) groups is 1. The first-order valence-electron chi connectivity index (χ1n) is 11.5. The van der Waals surface area contributed by atoms with E-state index in [4.69, 9.17) is 14.5 Å². The summed E-state index contributed by atoms with van der Waals surface area (Å²) in [7, 11) is 1.64.